The Hall–Kier alpha value is -2.92. The molecule has 1 aliphatic heterocycles. The first kappa shape index (κ1) is 20.4. The molecule has 1 fully saturated rings. The number of hydrogen-bond donors (Lipinski definition) is 1. The van der Waals surface area contributed by atoms with Crippen LogP contribution in [-0.2, 0) is 4.74 Å². The van der Waals surface area contributed by atoms with Gasteiger partial charge in [-0.2, -0.15) is 0 Å². The first-order valence-corrected chi connectivity index (χ1v) is 10.6. The van der Waals surface area contributed by atoms with Gasteiger partial charge in [0.1, 0.15) is 5.82 Å². The summed E-state index contributed by atoms with van der Waals surface area (Å²) >= 11 is 0. The van der Waals surface area contributed by atoms with E-state index < -0.39 is 0 Å². The van der Waals surface area contributed by atoms with Crippen LogP contribution in [0.5, 0.6) is 0 Å². The summed E-state index contributed by atoms with van der Waals surface area (Å²) in [6.45, 7) is 9.22. The van der Waals surface area contributed by atoms with Crippen molar-refractivity contribution in [3.8, 4) is 11.1 Å². The van der Waals surface area contributed by atoms with Crippen LogP contribution in [0.1, 0.15) is 36.2 Å². The topological polar surface area (TPSA) is 68.5 Å². The van der Waals surface area contributed by atoms with E-state index in [0.29, 0.717) is 31.4 Å². The molecule has 0 atom stereocenters. The maximum atomic E-state index is 12.9. The number of rotatable bonds is 5. The highest BCUT2D eigenvalue weighted by Gasteiger charge is 2.18. The Kier molecular flexibility index (Phi) is 5.73. The number of carbonyl (C=O) groups is 1. The van der Waals surface area contributed by atoms with Gasteiger partial charge in [-0.1, -0.05) is 38.1 Å². The van der Waals surface area contributed by atoms with Crippen LogP contribution < -0.4 is 10.6 Å². The quantitative estimate of drug-likeness (QED) is 0.616. The molecule has 0 unspecified atom stereocenters. The molecule has 30 heavy (non-hydrogen) atoms. The van der Waals surface area contributed by atoms with Crippen LogP contribution in [0.25, 0.3) is 22.0 Å². The van der Waals surface area contributed by atoms with Gasteiger partial charge in [0.25, 0.3) is 0 Å². The summed E-state index contributed by atoms with van der Waals surface area (Å²) in [6, 6.07) is 14.2. The number of morpholine rings is 1. The average Bonchev–Trinajstić information content (AvgIpc) is 2.73. The molecule has 0 saturated carbocycles. The first-order valence-electron chi connectivity index (χ1n) is 10.6. The second kappa shape index (κ2) is 8.44. The molecular weight excluding hydrogens is 374 g/mol. The average molecular weight is 404 g/mol. The monoisotopic (exact) mass is 403 g/mol. The summed E-state index contributed by atoms with van der Waals surface area (Å²) in [5, 5.41) is 1.02. The molecule has 1 saturated heterocycles. The highest BCUT2D eigenvalue weighted by molar-refractivity contribution is 6.04. The fourth-order valence-corrected chi connectivity index (χ4v) is 4.16. The van der Waals surface area contributed by atoms with Crippen molar-refractivity contribution in [1.82, 2.24) is 4.98 Å². The third-order valence-corrected chi connectivity index (χ3v) is 5.63. The largest absolute Gasteiger partial charge is 0.382 e. The summed E-state index contributed by atoms with van der Waals surface area (Å²) in [5.41, 5.74) is 12.0. The van der Waals surface area contributed by atoms with Gasteiger partial charge in [-0.15, -0.1) is 0 Å². The highest BCUT2D eigenvalue weighted by Crippen LogP contribution is 2.33. The molecule has 4 rings (SSSR count). The summed E-state index contributed by atoms with van der Waals surface area (Å²) < 4.78 is 5.47. The molecule has 0 amide bonds. The summed E-state index contributed by atoms with van der Waals surface area (Å²) in [4.78, 5) is 19.8. The SMILES string of the molecule is Cc1cccc(C(=O)CC(C)C)c1-c1ccc2nc(N)c(N3CCOCC3)cc2c1. The van der Waals surface area contributed by atoms with Crippen LogP contribution >= 0.6 is 0 Å². The maximum Gasteiger partial charge on any atom is 0.163 e. The van der Waals surface area contributed by atoms with Gasteiger partial charge >= 0.3 is 0 Å². The van der Waals surface area contributed by atoms with E-state index in [4.69, 9.17) is 10.5 Å². The van der Waals surface area contributed by atoms with Gasteiger partial charge in [0.2, 0.25) is 0 Å². The zero-order valence-corrected chi connectivity index (χ0v) is 17.9. The van der Waals surface area contributed by atoms with Crippen LogP contribution in [0.3, 0.4) is 0 Å². The number of nitrogen functional groups attached to an aromatic ring is 1. The second-order valence-corrected chi connectivity index (χ2v) is 8.42. The molecule has 2 aromatic carbocycles. The minimum Gasteiger partial charge on any atom is -0.382 e. The summed E-state index contributed by atoms with van der Waals surface area (Å²) in [5.74, 6) is 1.06. The molecule has 0 spiro atoms. The van der Waals surface area contributed by atoms with Crippen molar-refractivity contribution >= 4 is 28.2 Å². The van der Waals surface area contributed by atoms with Crippen LogP contribution in [-0.4, -0.2) is 37.1 Å². The van der Waals surface area contributed by atoms with Gasteiger partial charge in [0.05, 0.1) is 24.4 Å². The van der Waals surface area contributed by atoms with Crippen molar-refractivity contribution in [2.75, 3.05) is 36.9 Å². The molecule has 1 aromatic heterocycles. The number of Topliss-reactive ketones (excluding diaryl/α,β-unsaturated/α-hetero) is 1. The molecule has 0 aliphatic carbocycles. The van der Waals surface area contributed by atoms with E-state index >= 15 is 0 Å². The highest BCUT2D eigenvalue weighted by atomic mass is 16.5. The Bertz CT molecular complexity index is 1090. The standard InChI is InChI=1S/C25H29N3O2/c1-16(2)13-23(29)20-6-4-5-17(3)24(20)18-7-8-21-19(14-18)15-22(25(26)27-21)28-9-11-30-12-10-28/h4-8,14-16H,9-13H2,1-3H3,(H2,26,27). The zero-order chi connectivity index (χ0) is 21.3. The Morgan fingerprint density at radius 2 is 1.93 bits per heavy atom. The van der Waals surface area contributed by atoms with E-state index in [2.05, 4.69) is 48.9 Å². The van der Waals surface area contributed by atoms with Crippen molar-refractivity contribution in [3.63, 3.8) is 0 Å². The molecular formula is C25H29N3O2. The summed E-state index contributed by atoms with van der Waals surface area (Å²) in [6.07, 6.45) is 0.545. The Morgan fingerprint density at radius 3 is 2.67 bits per heavy atom. The number of nitrogens with two attached hydrogens (primary N) is 1. The van der Waals surface area contributed by atoms with E-state index in [1.54, 1.807) is 0 Å². The van der Waals surface area contributed by atoms with Crippen molar-refractivity contribution in [3.05, 3.63) is 53.6 Å². The first-order chi connectivity index (χ1) is 14.4. The number of ketones is 1. The number of hydrogen-bond acceptors (Lipinski definition) is 5. The van der Waals surface area contributed by atoms with E-state index in [1.165, 1.54) is 0 Å². The number of fused-ring (bicyclic) bond motifs is 1. The molecule has 0 bridgehead atoms. The van der Waals surface area contributed by atoms with Crippen LogP contribution in [0, 0.1) is 12.8 Å². The van der Waals surface area contributed by atoms with Crippen molar-refractivity contribution < 1.29 is 9.53 Å². The Balaban J connectivity index is 1.80. The van der Waals surface area contributed by atoms with Gasteiger partial charge in [-0.3, -0.25) is 4.79 Å². The number of aryl methyl sites for hydroxylation is 1. The van der Waals surface area contributed by atoms with Gasteiger partial charge in [-0.05, 0) is 47.7 Å². The Morgan fingerprint density at radius 1 is 1.17 bits per heavy atom. The number of benzene rings is 2. The Labute approximate surface area is 177 Å². The zero-order valence-electron chi connectivity index (χ0n) is 17.9. The predicted octanol–water partition coefficient (Wildman–Crippen LogP) is 4.86. The number of aromatic nitrogens is 1. The van der Waals surface area contributed by atoms with Gasteiger partial charge in [0, 0.05) is 30.5 Å². The van der Waals surface area contributed by atoms with Crippen molar-refractivity contribution in [2.24, 2.45) is 5.92 Å². The molecule has 0 radical (unpaired) electrons. The van der Waals surface area contributed by atoms with E-state index in [-0.39, 0.29) is 5.78 Å². The van der Waals surface area contributed by atoms with E-state index in [0.717, 1.165) is 51.9 Å². The minimum absolute atomic E-state index is 0.188. The molecule has 2 N–H and O–H groups in total. The smallest absolute Gasteiger partial charge is 0.163 e. The molecule has 5 heteroatoms. The number of pyridine rings is 1. The molecule has 156 valence electrons. The lowest BCUT2D eigenvalue weighted by Crippen LogP contribution is -2.36. The third kappa shape index (κ3) is 4.03. The predicted molar refractivity (Wildman–Crippen MR) is 123 cm³/mol. The molecule has 1 aliphatic rings. The van der Waals surface area contributed by atoms with Crippen molar-refractivity contribution in [2.45, 2.75) is 27.2 Å². The van der Waals surface area contributed by atoms with Crippen LogP contribution in [0.2, 0.25) is 0 Å². The number of carbonyl (C=O) groups excluding carboxylic acids is 1. The maximum absolute atomic E-state index is 12.9. The second-order valence-electron chi connectivity index (χ2n) is 8.42. The lowest BCUT2D eigenvalue weighted by Gasteiger charge is -2.29. The number of ether oxygens (including phenoxy) is 1. The van der Waals surface area contributed by atoms with Gasteiger partial charge in [-0.25, -0.2) is 4.98 Å². The number of anilines is 2. The van der Waals surface area contributed by atoms with Crippen LogP contribution in [0.4, 0.5) is 11.5 Å². The normalized spacial score (nSPS) is 14.5. The van der Waals surface area contributed by atoms with Crippen LogP contribution in [0.15, 0.2) is 42.5 Å². The molecule has 5 nitrogen and oxygen atoms in total. The lowest BCUT2D eigenvalue weighted by molar-refractivity contribution is 0.0968. The fourth-order valence-electron chi connectivity index (χ4n) is 4.16. The number of nitrogens with zero attached hydrogens (tertiary/aromatic N) is 2. The third-order valence-electron chi connectivity index (χ3n) is 5.63. The lowest BCUT2D eigenvalue weighted by atomic mass is 9.89. The summed E-state index contributed by atoms with van der Waals surface area (Å²) in [7, 11) is 0. The fraction of sp³-hybridized carbons (Fsp3) is 0.360. The van der Waals surface area contributed by atoms with Gasteiger partial charge in [0.15, 0.2) is 5.78 Å². The van der Waals surface area contributed by atoms with E-state index in [1.807, 2.05) is 24.3 Å². The molecule has 3 aromatic rings. The van der Waals surface area contributed by atoms with Crippen molar-refractivity contribution in [1.29, 1.82) is 0 Å². The van der Waals surface area contributed by atoms with Gasteiger partial charge < -0.3 is 15.4 Å². The minimum atomic E-state index is 0.188. The van der Waals surface area contributed by atoms with E-state index in [9.17, 15) is 4.79 Å². The molecule has 2 heterocycles.